The van der Waals surface area contributed by atoms with Gasteiger partial charge in [0.15, 0.2) is 0 Å². The first-order valence-electron chi connectivity index (χ1n) is 13.1. The number of methoxy groups -OCH3 is 2. The number of aliphatic hydroxyl groups is 1. The summed E-state index contributed by atoms with van der Waals surface area (Å²) in [5.74, 6) is 2.22. The van der Waals surface area contributed by atoms with Crippen LogP contribution in [0.25, 0.3) is 0 Å². The lowest BCUT2D eigenvalue weighted by Gasteiger charge is -2.44. The number of nitrogens with one attached hydrogen (secondary N) is 2. The first-order chi connectivity index (χ1) is 17.9. The summed E-state index contributed by atoms with van der Waals surface area (Å²) >= 11 is 0. The number of aliphatic hydroxyl groups excluding tert-OH is 1. The summed E-state index contributed by atoms with van der Waals surface area (Å²) in [6, 6.07) is 11.8. The van der Waals surface area contributed by atoms with E-state index in [1.807, 2.05) is 53.1 Å². The number of ether oxygens (including phenoxy) is 2. The summed E-state index contributed by atoms with van der Waals surface area (Å²) in [5, 5.41) is 9.89. The molecule has 1 aromatic heterocycles. The molecule has 0 bridgehead atoms. The van der Waals surface area contributed by atoms with Crippen molar-refractivity contribution < 1.29 is 19.4 Å². The lowest BCUT2D eigenvalue weighted by atomic mass is 9.86. The zero-order chi connectivity index (χ0) is 26.0. The quantitative estimate of drug-likeness (QED) is 0.495. The molecule has 1 unspecified atom stereocenters. The average molecular weight is 511 g/mol. The molecule has 5 rings (SSSR count). The lowest BCUT2D eigenvalue weighted by molar-refractivity contribution is 0.0488. The normalized spacial score (nSPS) is 21.1. The van der Waals surface area contributed by atoms with Crippen LogP contribution in [0, 0.1) is 0 Å². The van der Waals surface area contributed by atoms with Crippen LogP contribution in [-0.4, -0.2) is 91.1 Å². The monoisotopic (exact) mass is 510 g/mol. The number of hydrogen-bond acceptors (Lipinski definition) is 8. The number of rotatable bonds is 8. The van der Waals surface area contributed by atoms with Crippen LogP contribution >= 0.6 is 0 Å². The maximum Gasteiger partial charge on any atom is 0.326 e. The minimum atomic E-state index is -0.371. The van der Waals surface area contributed by atoms with E-state index in [1.54, 1.807) is 14.2 Å². The maximum atomic E-state index is 14.0. The van der Waals surface area contributed by atoms with Gasteiger partial charge in [0.05, 0.1) is 32.4 Å². The number of piperidine rings is 1. The molecular formula is C27H38N6O4. The van der Waals surface area contributed by atoms with Crippen LogP contribution in [0.15, 0.2) is 36.4 Å². The molecule has 3 aliphatic rings. The summed E-state index contributed by atoms with van der Waals surface area (Å²) in [7, 11) is 3.29. The van der Waals surface area contributed by atoms with Crippen LogP contribution in [-0.2, 0) is 6.54 Å². The summed E-state index contributed by atoms with van der Waals surface area (Å²) < 4.78 is 11.1. The molecule has 4 heterocycles. The fraction of sp³-hybridized carbons (Fsp3) is 0.556. The van der Waals surface area contributed by atoms with Gasteiger partial charge >= 0.3 is 6.03 Å². The second-order valence-corrected chi connectivity index (χ2v) is 10.4. The highest BCUT2D eigenvalue weighted by molar-refractivity contribution is 5.94. The topological polar surface area (TPSA) is 102 Å². The number of nitrogens with zero attached hydrogens (tertiary/aromatic N) is 4. The van der Waals surface area contributed by atoms with Crippen LogP contribution in [0.5, 0.6) is 11.6 Å². The Bertz CT molecular complexity index is 1100. The standard InChI is InChI=1S/C27H38N6O4/c1-19(34)16-31-11-9-27(10-12-31)18-32(26(35)33(27)17-20-5-4-6-22(13-20)36-2)24-8-7-23(25(30-24)37-3)21-14-28-29-15-21/h4-8,13,19,21,28-29,34H,9-12,14-18H2,1-3H3. The van der Waals surface area contributed by atoms with Crippen LogP contribution in [0.2, 0.25) is 0 Å². The number of carbonyl (C=O) groups is 1. The molecule has 1 spiro atoms. The van der Waals surface area contributed by atoms with Crippen molar-refractivity contribution in [3.63, 3.8) is 0 Å². The van der Waals surface area contributed by atoms with Gasteiger partial charge in [0.1, 0.15) is 11.6 Å². The number of anilines is 1. The molecule has 37 heavy (non-hydrogen) atoms. The van der Waals surface area contributed by atoms with E-state index in [0.717, 1.165) is 55.9 Å². The van der Waals surface area contributed by atoms with E-state index >= 15 is 0 Å². The van der Waals surface area contributed by atoms with Crippen molar-refractivity contribution in [1.29, 1.82) is 0 Å². The molecule has 3 saturated heterocycles. The summed E-state index contributed by atoms with van der Waals surface area (Å²) in [5.41, 5.74) is 8.06. The van der Waals surface area contributed by atoms with E-state index in [-0.39, 0.29) is 23.6 Å². The van der Waals surface area contributed by atoms with E-state index < -0.39 is 0 Å². The van der Waals surface area contributed by atoms with Crippen molar-refractivity contribution in [1.82, 2.24) is 25.6 Å². The first-order valence-corrected chi connectivity index (χ1v) is 13.1. The Morgan fingerprint density at radius 2 is 1.89 bits per heavy atom. The molecule has 3 N–H and O–H groups in total. The average Bonchev–Trinajstić information content (AvgIpc) is 3.53. The van der Waals surface area contributed by atoms with Crippen molar-refractivity contribution >= 4 is 11.8 Å². The molecule has 1 atom stereocenters. The van der Waals surface area contributed by atoms with Crippen LogP contribution < -0.4 is 25.2 Å². The number of aromatic nitrogens is 1. The molecule has 200 valence electrons. The summed E-state index contributed by atoms with van der Waals surface area (Å²) in [6.07, 6.45) is 1.30. The Morgan fingerprint density at radius 1 is 1.14 bits per heavy atom. The van der Waals surface area contributed by atoms with Gasteiger partial charge < -0.3 is 24.4 Å². The number of pyridine rings is 1. The van der Waals surface area contributed by atoms with Crippen molar-refractivity contribution in [2.45, 2.75) is 43.9 Å². The molecule has 1 aromatic carbocycles. The van der Waals surface area contributed by atoms with Gasteiger partial charge in [-0.25, -0.2) is 4.79 Å². The molecule has 3 aliphatic heterocycles. The number of likely N-dealkylation sites (tertiary alicyclic amines) is 1. The van der Waals surface area contributed by atoms with Gasteiger partial charge in [-0.05, 0) is 49.6 Å². The maximum absolute atomic E-state index is 14.0. The lowest BCUT2D eigenvalue weighted by Crippen LogP contribution is -2.54. The molecule has 10 nitrogen and oxygen atoms in total. The fourth-order valence-corrected chi connectivity index (χ4v) is 5.87. The van der Waals surface area contributed by atoms with Crippen LogP contribution in [0.4, 0.5) is 10.6 Å². The van der Waals surface area contributed by atoms with Crippen molar-refractivity contribution in [2.24, 2.45) is 0 Å². The number of β-amino-alcohol motifs (C(OH)–C–C–N with tert-alkyl or cyclic N) is 1. The highest BCUT2D eigenvalue weighted by Crippen LogP contribution is 2.40. The molecule has 0 saturated carbocycles. The number of carbonyl (C=O) groups excluding carboxylic acids is 1. The predicted octanol–water partition coefficient (Wildman–Crippen LogP) is 1.95. The molecular weight excluding hydrogens is 472 g/mol. The Hall–Kier alpha value is -2.92. The smallest absolute Gasteiger partial charge is 0.326 e. The fourth-order valence-electron chi connectivity index (χ4n) is 5.87. The van der Waals surface area contributed by atoms with Gasteiger partial charge in [-0.15, -0.1) is 0 Å². The Balaban J connectivity index is 1.44. The van der Waals surface area contributed by atoms with Crippen molar-refractivity contribution in [2.75, 3.05) is 58.4 Å². The number of benzene rings is 1. The van der Waals surface area contributed by atoms with Crippen LogP contribution in [0.1, 0.15) is 36.8 Å². The Kier molecular flexibility index (Phi) is 7.52. The zero-order valence-electron chi connectivity index (χ0n) is 21.9. The van der Waals surface area contributed by atoms with Gasteiger partial charge in [0, 0.05) is 50.7 Å². The van der Waals surface area contributed by atoms with Crippen molar-refractivity contribution in [3.8, 4) is 11.6 Å². The zero-order valence-corrected chi connectivity index (χ0v) is 21.9. The van der Waals surface area contributed by atoms with Gasteiger partial charge in [-0.3, -0.25) is 15.8 Å². The van der Waals surface area contributed by atoms with Crippen LogP contribution in [0.3, 0.4) is 0 Å². The van der Waals surface area contributed by atoms with Crippen molar-refractivity contribution in [3.05, 3.63) is 47.5 Å². The van der Waals surface area contributed by atoms with Gasteiger partial charge in [-0.2, -0.15) is 4.98 Å². The van der Waals surface area contributed by atoms with E-state index in [9.17, 15) is 9.90 Å². The molecule has 2 aromatic rings. The third kappa shape index (κ3) is 5.24. The second-order valence-electron chi connectivity index (χ2n) is 10.4. The molecule has 0 aliphatic carbocycles. The number of urea groups is 1. The number of amides is 2. The van der Waals surface area contributed by atoms with E-state index in [4.69, 9.17) is 14.5 Å². The van der Waals surface area contributed by atoms with Gasteiger partial charge in [-0.1, -0.05) is 12.1 Å². The third-order valence-corrected chi connectivity index (χ3v) is 7.88. The second kappa shape index (κ2) is 10.8. The predicted molar refractivity (Wildman–Crippen MR) is 141 cm³/mol. The van der Waals surface area contributed by atoms with Gasteiger partial charge in [0.25, 0.3) is 0 Å². The Labute approximate surface area is 218 Å². The minimum absolute atomic E-state index is 0.0432. The third-order valence-electron chi connectivity index (χ3n) is 7.88. The highest BCUT2D eigenvalue weighted by Gasteiger charge is 2.51. The number of hydrazine groups is 1. The van der Waals surface area contributed by atoms with E-state index in [1.165, 1.54) is 0 Å². The van der Waals surface area contributed by atoms with Gasteiger partial charge in [0.2, 0.25) is 5.88 Å². The molecule has 3 fully saturated rings. The summed E-state index contributed by atoms with van der Waals surface area (Å²) in [4.78, 5) is 24.9. The Morgan fingerprint density at radius 3 is 2.57 bits per heavy atom. The van der Waals surface area contributed by atoms with E-state index in [0.29, 0.717) is 31.3 Å². The molecule has 0 radical (unpaired) electrons. The molecule has 10 heteroatoms. The highest BCUT2D eigenvalue weighted by atomic mass is 16.5. The largest absolute Gasteiger partial charge is 0.497 e. The minimum Gasteiger partial charge on any atom is -0.497 e. The first kappa shape index (κ1) is 25.7. The summed E-state index contributed by atoms with van der Waals surface area (Å²) in [6.45, 7) is 6.81. The SMILES string of the molecule is COc1cccc(CN2C(=O)N(c3ccc(C4CNNC4)c(OC)n3)CC23CCN(CC(C)O)CC3)c1. The number of hydrogen-bond donors (Lipinski definition) is 3. The molecule has 2 amide bonds. The van der Waals surface area contributed by atoms with E-state index in [2.05, 4.69) is 15.8 Å².